The largest absolute Gasteiger partial charge is 0.493 e. The van der Waals surface area contributed by atoms with Crippen LogP contribution in [0.15, 0.2) is 42.5 Å². The van der Waals surface area contributed by atoms with E-state index >= 15 is 0 Å². The highest BCUT2D eigenvalue weighted by Crippen LogP contribution is 2.18. The maximum atomic E-state index is 12.4. The number of hydrogen-bond donors (Lipinski definition) is 3. The van der Waals surface area contributed by atoms with Gasteiger partial charge in [0.25, 0.3) is 0 Å². The molecule has 0 aromatic heterocycles. The lowest BCUT2D eigenvalue weighted by Crippen LogP contribution is -2.48. The topological polar surface area (TPSA) is 123 Å². The molecule has 0 radical (unpaired) electrons. The summed E-state index contributed by atoms with van der Waals surface area (Å²) in [5.41, 5.74) is 3.84. The van der Waals surface area contributed by atoms with E-state index in [9.17, 15) is 24.9 Å². The molecule has 0 aliphatic carbocycles. The van der Waals surface area contributed by atoms with Crippen molar-refractivity contribution in [2.45, 2.75) is 39.1 Å². The number of ether oxygens (including phenoxy) is 1. The minimum atomic E-state index is -1.69. The first-order valence-corrected chi connectivity index (χ1v) is 11.1. The van der Waals surface area contributed by atoms with Crippen LogP contribution < -0.4 is 10.1 Å². The van der Waals surface area contributed by atoms with E-state index in [1.807, 2.05) is 44.2 Å². The highest BCUT2D eigenvalue weighted by atomic mass is 16.5. The minimum absolute atomic E-state index is 0.0280. The number of carbonyl (C=O) groups excluding carboxylic acids is 2. The van der Waals surface area contributed by atoms with Crippen molar-refractivity contribution in [3.05, 3.63) is 64.7 Å². The molecule has 0 aliphatic rings. The van der Waals surface area contributed by atoms with E-state index in [2.05, 4.69) is 5.32 Å². The number of nitrogens with zero attached hydrogens (tertiary/aromatic N) is 2. The predicted octanol–water partition coefficient (Wildman–Crippen LogP) is 1.58. The number of benzene rings is 2. The van der Waals surface area contributed by atoms with Gasteiger partial charge in [0.15, 0.2) is 0 Å². The van der Waals surface area contributed by atoms with Gasteiger partial charge in [0.05, 0.1) is 25.0 Å². The van der Waals surface area contributed by atoms with Crippen molar-refractivity contribution in [1.82, 2.24) is 10.2 Å². The molecule has 0 saturated carbocycles. The number of rotatable bonds is 11. The van der Waals surface area contributed by atoms with E-state index in [-0.39, 0.29) is 31.3 Å². The Morgan fingerprint density at radius 1 is 1.15 bits per heavy atom. The zero-order chi connectivity index (χ0) is 25.3. The van der Waals surface area contributed by atoms with Crippen molar-refractivity contribution < 1.29 is 24.4 Å². The third-order valence-electron chi connectivity index (χ3n) is 5.48. The van der Waals surface area contributed by atoms with Gasteiger partial charge in [0.1, 0.15) is 11.7 Å². The highest BCUT2D eigenvalue weighted by molar-refractivity contribution is 6.43. The number of aryl methyl sites for hydroxylation is 2. The van der Waals surface area contributed by atoms with Crippen LogP contribution in [0.4, 0.5) is 0 Å². The monoisotopic (exact) mass is 465 g/mol. The van der Waals surface area contributed by atoms with Gasteiger partial charge < -0.3 is 25.0 Å². The summed E-state index contributed by atoms with van der Waals surface area (Å²) < 4.78 is 5.67. The average Bonchev–Trinajstić information content (AvgIpc) is 2.78. The van der Waals surface area contributed by atoms with Crippen molar-refractivity contribution in [3.8, 4) is 11.8 Å². The van der Waals surface area contributed by atoms with Crippen LogP contribution in [0.1, 0.15) is 28.7 Å². The van der Waals surface area contributed by atoms with Gasteiger partial charge in [-0.3, -0.25) is 9.59 Å². The molecule has 0 saturated heterocycles. The highest BCUT2D eigenvalue weighted by Gasteiger charge is 2.26. The molecule has 2 atom stereocenters. The van der Waals surface area contributed by atoms with Crippen LogP contribution >= 0.6 is 0 Å². The van der Waals surface area contributed by atoms with E-state index in [1.165, 1.54) is 4.90 Å². The molecule has 2 aromatic carbocycles. The summed E-state index contributed by atoms with van der Waals surface area (Å²) in [6.45, 7) is 4.02. The standard InChI is InChI=1S/C25H32BN3O5/c1-17-8-9-20(18(2)12-17)15-23(26(32)33)28-24(30)10-11-34-22-7-5-6-19(14-22)13-21(16-27)25(31)29(3)4/h5-9,12,14,21,23,32-33H,10-11,13,15H2,1-4H3,(H,28,30)/t21?,23-/m0/s1. The van der Waals surface area contributed by atoms with Crippen LogP contribution in [0.2, 0.25) is 0 Å². The molecule has 9 heteroatoms. The van der Waals surface area contributed by atoms with Crippen LogP contribution in [0.25, 0.3) is 0 Å². The summed E-state index contributed by atoms with van der Waals surface area (Å²) >= 11 is 0. The van der Waals surface area contributed by atoms with Crippen LogP contribution in [-0.2, 0) is 22.4 Å². The Morgan fingerprint density at radius 2 is 1.88 bits per heavy atom. The number of hydrogen-bond acceptors (Lipinski definition) is 6. The molecule has 1 unspecified atom stereocenters. The second kappa shape index (κ2) is 12.8. The molecule has 3 N–H and O–H groups in total. The molecule has 0 fully saturated rings. The van der Waals surface area contributed by atoms with Gasteiger partial charge in [-0.15, -0.1) is 0 Å². The Bertz CT molecular complexity index is 1040. The van der Waals surface area contributed by atoms with Crippen molar-refractivity contribution >= 4 is 18.9 Å². The fourth-order valence-corrected chi connectivity index (χ4v) is 3.58. The molecule has 34 heavy (non-hydrogen) atoms. The molecule has 0 aliphatic heterocycles. The van der Waals surface area contributed by atoms with Gasteiger partial charge in [-0.25, -0.2) is 0 Å². The molecular formula is C25H32BN3O5. The molecule has 2 rings (SSSR count). The Labute approximate surface area is 201 Å². The lowest BCUT2D eigenvalue weighted by atomic mass is 9.75. The normalized spacial score (nSPS) is 12.3. The van der Waals surface area contributed by atoms with Crippen molar-refractivity contribution in [3.63, 3.8) is 0 Å². The third-order valence-corrected chi connectivity index (χ3v) is 5.48. The van der Waals surface area contributed by atoms with Crippen molar-refractivity contribution in [2.75, 3.05) is 20.7 Å². The molecular weight excluding hydrogens is 433 g/mol. The summed E-state index contributed by atoms with van der Waals surface area (Å²) in [6, 6.07) is 15.0. The van der Waals surface area contributed by atoms with Gasteiger partial charge in [0.2, 0.25) is 11.8 Å². The van der Waals surface area contributed by atoms with Gasteiger partial charge in [-0.05, 0) is 55.5 Å². The second-order valence-corrected chi connectivity index (χ2v) is 8.59. The maximum absolute atomic E-state index is 12.4. The van der Waals surface area contributed by atoms with E-state index in [0.717, 1.165) is 22.3 Å². The molecule has 0 heterocycles. The first kappa shape index (κ1) is 26.9. The van der Waals surface area contributed by atoms with Crippen LogP contribution in [0.3, 0.4) is 0 Å². The molecule has 2 amide bonds. The lowest BCUT2D eigenvalue weighted by Gasteiger charge is -2.19. The molecule has 8 nitrogen and oxygen atoms in total. The summed E-state index contributed by atoms with van der Waals surface area (Å²) in [4.78, 5) is 25.9. The van der Waals surface area contributed by atoms with E-state index in [0.29, 0.717) is 12.2 Å². The van der Waals surface area contributed by atoms with Crippen molar-refractivity contribution in [1.29, 1.82) is 5.26 Å². The van der Waals surface area contributed by atoms with E-state index in [1.54, 1.807) is 32.3 Å². The number of nitrogens with one attached hydrogen (secondary N) is 1. The third kappa shape index (κ3) is 8.21. The smallest absolute Gasteiger partial charge is 0.475 e. The lowest BCUT2D eigenvalue weighted by molar-refractivity contribution is -0.131. The van der Waals surface area contributed by atoms with Gasteiger partial charge >= 0.3 is 7.12 Å². The summed E-state index contributed by atoms with van der Waals surface area (Å²) in [7, 11) is 1.53. The summed E-state index contributed by atoms with van der Waals surface area (Å²) in [6.07, 6.45) is 0.587. The molecule has 0 spiro atoms. The van der Waals surface area contributed by atoms with Gasteiger partial charge in [-0.1, -0.05) is 35.9 Å². The number of carbonyl (C=O) groups is 2. The summed E-state index contributed by atoms with van der Waals surface area (Å²) in [5.74, 6) is -1.72. The van der Waals surface area contributed by atoms with E-state index in [4.69, 9.17) is 4.74 Å². The molecule has 0 bridgehead atoms. The Balaban J connectivity index is 1.89. The van der Waals surface area contributed by atoms with Crippen LogP contribution in [-0.4, -0.2) is 60.5 Å². The molecule has 2 aromatic rings. The fraction of sp³-hybridized carbons (Fsp3) is 0.400. The quantitative estimate of drug-likeness (QED) is 0.433. The van der Waals surface area contributed by atoms with Crippen LogP contribution in [0, 0.1) is 31.1 Å². The first-order chi connectivity index (χ1) is 16.1. The maximum Gasteiger partial charge on any atom is 0.475 e. The Morgan fingerprint density at radius 3 is 2.50 bits per heavy atom. The zero-order valence-electron chi connectivity index (χ0n) is 20.1. The van der Waals surface area contributed by atoms with Crippen LogP contribution in [0.5, 0.6) is 5.75 Å². The Kier molecular flexibility index (Phi) is 10.1. The SMILES string of the molecule is Cc1ccc(C[C@H](NC(=O)CCOc2cccc(CC(C#N)C(=O)N(C)C)c2)B(O)O)c(C)c1. The number of amides is 2. The average molecular weight is 465 g/mol. The predicted molar refractivity (Wildman–Crippen MR) is 130 cm³/mol. The first-order valence-electron chi connectivity index (χ1n) is 11.1. The fourth-order valence-electron chi connectivity index (χ4n) is 3.58. The Hall–Kier alpha value is -3.35. The minimum Gasteiger partial charge on any atom is -0.493 e. The van der Waals surface area contributed by atoms with Gasteiger partial charge in [0, 0.05) is 14.1 Å². The summed E-state index contributed by atoms with van der Waals surface area (Å²) in [5, 5.41) is 31.4. The molecule has 180 valence electrons. The number of nitriles is 1. The van der Waals surface area contributed by atoms with Crippen molar-refractivity contribution in [2.24, 2.45) is 5.92 Å². The second-order valence-electron chi connectivity index (χ2n) is 8.59. The van der Waals surface area contributed by atoms with E-state index < -0.39 is 19.0 Å². The van der Waals surface area contributed by atoms with Gasteiger partial charge in [-0.2, -0.15) is 5.26 Å². The zero-order valence-corrected chi connectivity index (χ0v) is 20.1.